The second-order valence-electron chi connectivity index (χ2n) is 5.72. The molecule has 108 valence electrons. The molecule has 0 radical (unpaired) electrons. The summed E-state index contributed by atoms with van der Waals surface area (Å²) in [6.45, 7) is 1.96. The number of aliphatic hydroxyl groups excluding tert-OH is 1. The van der Waals surface area contributed by atoms with Crippen LogP contribution in [0.15, 0.2) is 12.2 Å². The van der Waals surface area contributed by atoms with Gasteiger partial charge in [-0.05, 0) is 44.6 Å². The van der Waals surface area contributed by atoms with Gasteiger partial charge in [0.05, 0.1) is 0 Å². The first-order chi connectivity index (χ1) is 9.31. The number of carbonyl (C=O) groups excluding carboxylic acids is 1. The number of amides is 1. The van der Waals surface area contributed by atoms with E-state index in [0.717, 1.165) is 32.4 Å². The topological polar surface area (TPSA) is 61.4 Å². The summed E-state index contributed by atoms with van der Waals surface area (Å²) in [6.07, 6.45) is 10.5. The minimum atomic E-state index is -0.0469. The molecule has 3 N–H and O–H groups in total. The lowest BCUT2D eigenvalue weighted by Crippen LogP contribution is -2.41. The highest BCUT2D eigenvalue weighted by molar-refractivity contribution is 5.79. The van der Waals surface area contributed by atoms with E-state index in [4.69, 9.17) is 0 Å². The highest BCUT2D eigenvalue weighted by Gasteiger charge is 2.28. The highest BCUT2D eigenvalue weighted by Crippen LogP contribution is 2.25. The molecule has 4 nitrogen and oxygen atoms in total. The Morgan fingerprint density at radius 2 is 2.16 bits per heavy atom. The van der Waals surface area contributed by atoms with E-state index in [2.05, 4.69) is 22.8 Å². The Labute approximate surface area is 115 Å². The van der Waals surface area contributed by atoms with E-state index in [0.29, 0.717) is 6.04 Å². The largest absolute Gasteiger partial charge is 0.396 e. The van der Waals surface area contributed by atoms with Gasteiger partial charge in [-0.15, -0.1) is 0 Å². The van der Waals surface area contributed by atoms with Crippen LogP contribution in [0.5, 0.6) is 0 Å². The number of piperidine rings is 1. The summed E-state index contributed by atoms with van der Waals surface area (Å²) in [6, 6.07) is 0.564. The molecule has 1 heterocycles. The van der Waals surface area contributed by atoms with Crippen LogP contribution >= 0.6 is 0 Å². The normalized spacial score (nSPS) is 31.1. The summed E-state index contributed by atoms with van der Waals surface area (Å²) >= 11 is 0. The summed E-state index contributed by atoms with van der Waals surface area (Å²) < 4.78 is 0. The maximum Gasteiger partial charge on any atom is 0.223 e. The van der Waals surface area contributed by atoms with Crippen LogP contribution in [0.25, 0.3) is 0 Å². The van der Waals surface area contributed by atoms with E-state index in [-0.39, 0.29) is 24.3 Å². The van der Waals surface area contributed by atoms with E-state index >= 15 is 0 Å². The van der Waals surface area contributed by atoms with Crippen molar-refractivity contribution in [1.29, 1.82) is 0 Å². The van der Waals surface area contributed by atoms with E-state index < -0.39 is 0 Å². The minimum absolute atomic E-state index is 0.0469. The molecule has 0 aromatic carbocycles. The van der Waals surface area contributed by atoms with Crippen molar-refractivity contribution in [2.24, 2.45) is 11.8 Å². The predicted octanol–water partition coefficient (Wildman–Crippen LogP) is 1.21. The fourth-order valence-electron chi connectivity index (χ4n) is 3.06. The maximum atomic E-state index is 12.1. The van der Waals surface area contributed by atoms with Crippen LogP contribution in [0.1, 0.15) is 38.5 Å². The van der Waals surface area contributed by atoms with Gasteiger partial charge in [0.15, 0.2) is 0 Å². The monoisotopic (exact) mass is 266 g/mol. The zero-order valence-electron chi connectivity index (χ0n) is 11.6. The third-order valence-electron chi connectivity index (χ3n) is 4.34. The molecular formula is C15H26N2O2. The van der Waals surface area contributed by atoms with Gasteiger partial charge in [-0.1, -0.05) is 18.6 Å². The Morgan fingerprint density at radius 1 is 1.32 bits per heavy atom. The number of allylic oxidation sites excluding steroid dienone is 2. The third-order valence-corrected chi connectivity index (χ3v) is 4.34. The van der Waals surface area contributed by atoms with Crippen molar-refractivity contribution >= 4 is 5.91 Å². The first-order valence-electron chi connectivity index (χ1n) is 7.58. The van der Waals surface area contributed by atoms with Crippen molar-refractivity contribution in [2.75, 3.05) is 19.7 Å². The predicted molar refractivity (Wildman–Crippen MR) is 75.7 cm³/mol. The van der Waals surface area contributed by atoms with Gasteiger partial charge < -0.3 is 15.7 Å². The molecule has 4 heteroatoms. The second kappa shape index (κ2) is 7.65. The first kappa shape index (κ1) is 14.5. The van der Waals surface area contributed by atoms with Crippen molar-refractivity contribution in [3.05, 3.63) is 12.2 Å². The summed E-state index contributed by atoms with van der Waals surface area (Å²) in [5, 5.41) is 15.8. The van der Waals surface area contributed by atoms with Crippen LogP contribution < -0.4 is 10.6 Å². The minimum Gasteiger partial charge on any atom is -0.396 e. The molecule has 3 unspecified atom stereocenters. The molecule has 1 aliphatic carbocycles. The lowest BCUT2D eigenvalue weighted by atomic mass is 9.83. The summed E-state index contributed by atoms with van der Waals surface area (Å²) in [5.74, 6) is 0.159. The first-order valence-corrected chi connectivity index (χ1v) is 7.58. The number of aliphatic hydroxyl groups is 1. The molecule has 2 aliphatic rings. The number of carbonyl (C=O) groups is 1. The molecule has 2 rings (SSSR count). The number of hydrogen-bond donors (Lipinski definition) is 3. The van der Waals surface area contributed by atoms with Gasteiger partial charge in [0, 0.05) is 25.1 Å². The van der Waals surface area contributed by atoms with Crippen molar-refractivity contribution in [2.45, 2.75) is 44.6 Å². The Morgan fingerprint density at radius 3 is 2.89 bits per heavy atom. The molecule has 0 saturated carbocycles. The fraction of sp³-hybridized carbons (Fsp3) is 0.800. The number of rotatable bonds is 5. The molecule has 0 bridgehead atoms. The average Bonchev–Trinajstić information content (AvgIpc) is 2.48. The molecular weight excluding hydrogens is 240 g/mol. The zero-order chi connectivity index (χ0) is 13.5. The standard InChI is InChI=1S/C15H26N2O2/c18-11-12-5-1-2-7-14(12)15(19)17-10-8-13-6-3-4-9-16-13/h1-2,12-14,16,18H,3-11H2,(H,17,19). The van der Waals surface area contributed by atoms with Gasteiger partial charge in [0.25, 0.3) is 0 Å². The van der Waals surface area contributed by atoms with Gasteiger partial charge in [0.1, 0.15) is 0 Å². The Kier molecular flexibility index (Phi) is 5.86. The fourth-order valence-corrected chi connectivity index (χ4v) is 3.06. The lowest BCUT2D eigenvalue weighted by molar-refractivity contribution is -0.127. The molecule has 1 aliphatic heterocycles. The number of nitrogens with one attached hydrogen (secondary N) is 2. The molecule has 3 atom stereocenters. The molecule has 0 spiro atoms. The lowest BCUT2D eigenvalue weighted by Gasteiger charge is -2.27. The van der Waals surface area contributed by atoms with Gasteiger partial charge in [-0.2, -0.15) is 0 Å². The van der Waals surface area contributed by atoms with Crippen molar-refractivity contribution in [3.8, 4) is 0 Å². The van der Waals surface area contributed by atoms with E-state index in [1.807, 2.05) is 0 Å². The SMILES string of the molecule is O=C(NCCC1CCCCN1)C1CC=CCC1CO. The number of hydrogen-bond acceptors (Lipinski definition) is 3. The van der Waals surface area contributed by atoms with Crippen LogP contribution in [0.3, 0.4) is 0 Å². The van der Waals surface area contributed by atoms with Crippen LogP contribution in [-0.2, 0) is 4.79 Å². The van der Waals surface area contributed by atoms with E-state index in [1.54, 1.807) is 0 Å². The zero-order valence-corrected chi connectivity index (χ0v) is 11.6. The molecule has 1 fully saturated rings. The smallest absolute Gasteiger partial charge is 0.223 e. The summed E-state index contributed by atoms with van der Waals surface area (Å²) in [4.78, 5) is 12.1. The van der Waals surface area contributed by atoms with Crippen molar-refractivity contribution in [3.63, 3.8) is 0 Å². The van der Waals surface area contributed by atoms with Crippen LogP contribution in [0.2, 0.25) is 0 Å². The van der Waals surface area contributed by atoms with Gasteiger partial charge >= 0.3 is 0 Å². The van der Waals surface area contributed by atoms with E-state index in [9.17, 15) is 9.90 Å². The highest BCUT2D eigenvalue weighted by atomic mass is 16.3. The molecule has 19 heavy (non-hydrogen) atoms. The van der Waals surface area contributed by atoms with Crippen LogP contribution in [-0.4, -0.2) is 36.8 Å². The Balaban J connectivity index is 1.69. The van der Waals surface area contributed by atoms with Crippen molar-refractivity contribution < 1.29 is 9.90 Å². The quantitative estimate of drug-likeness (QED) is 0.656. The molecule has 0 aromatic rings. The van der Waals surface area contributed by atoms with Crippen molar-refractivity contribution in [1.82, 2.24) is 10.6 Å². The Bertz CT molecular complexity index is 311. The summed E-state index contributed by atoms with van der Waals surface area (Å²) in [7, 11) is 0. The van der Waals surface area contributed by atoms with Crippen LogP contribution in [0, 0.1) is 11.8 Å². The van der Waals surface area contributed by atoms with Gasteiger partial charge in [-0.3, -0.25) is 4.79 Å². The summed E-state index contributed by atoms with van der Waals surface area (Å²) in [5.41, 5.74) is 0. The second-order valence-corrected chi connectivity index (χ2v) is 5.72. The van der Waals surface area contributed by atoms with Gasteiger partial charge in [0.2, 0.25) is 5.91 Å². The average molecular weight is 266 g/mol. The van der Waals surface area contributed by atoms with Gasteiger partial charge in [-0.25, -0.2) is 0 Å². The maximum absolute atomic E-state index is 12.1. The Hall–Kier alpha value is -0.870. The molecule has 1 amide bonds. The van der Waals surface area contributed by atoms with Crippen LogP contribution in [0.4, 0.5) is 0 Å². The van der Waals surface area contributed by atoms with E-state index in [1.165, 1.54) is 19.3 Å². The molecule has 0 aromatic heterocycles. The third kappa shape index (κ3) is 4.32. The molecule has 1 saturated heterocycles.